The van der Waals surface area contributed by atoms with Gasteiger partial charge in [0.1, 0.15) is 0 Å². The van der Waals surface area contributed by atoms with Gasteiger partial charge in [0.15, 0.2) is 6.61 Å². The van der Waals surface area contributed by atoms with Crippen molar-refractivity contribution in [3.63, 3.8) is 0 Å². The average Bonchev–Trinajstić information content (AvgIpc) is 2.25. The lowest BCUT2D eigenvalue weighted by Crippen LogP contribution is -2.38. The predicted molar refractivity (Wildman–Crippen MR) is 68.6 cm³/mol. The Balaban J connectivity index is 2.64. The Kier molecular flexibility index (Phi) is 5.40. The van der Waals surface area contributed by atoms with Gasteiger partial charge < -0.3 is 4.74 Å². The molecule has 18 heavy (non-hydrogen) atoms. The van der Waals surface area contributed by atoms with Gasteiger partial charge in [-0.2, -0.15) is 0 Å². The summed E-state index contributed by atoms with van der Waals surface area (Å²) in [5, 5.41) is 1.81. The highest BCUT2D eigenvalue weighted by Gasteiger charge is 2.17. The van der Waals surface area contributed by atoms with E-state index in [0.29, 0.717) is 0 Å². The van der Waals surface area contributed by atoms with Gasteiger partial charge in [-0.3, -0.25) is 10.2 Å². The molecule has 1 rings (SSSR count). The zero-order valence-corrected chi connectivity index (χ0v) is 11.4. The molecule has 98 valence electrons. The molecule has 7 heteroatoms. The molecule has 0 bridgehead atoms. The molecule has 0 saturated heterocycles. The number of hydrogen-bond donors (Lipinski definition) is 1. The number of nitrogens with zero attached hydrogens (tertiary/aromatic N) is 1. The van der Waals surface area contributed by atoms with Gasteiger partial charge in [-0.1, -0.05) is 29.3 Å². The lowest BCUT2D eigenvalue weighted by molar-refractivity contribution is -0.128. The number of halogens is 2. The summed E-state index contributed by atoms with van der Waals surface area (Å²) in [6.45, 7) is -0.404. The second kappa shape index (κ2) is 6.58. The lowest BCUT2D eigenvalue weighted by Gasteiger charge is -2.12. The molecule has 0 unspecified atom stereocenters. The molecule has 0 heterocycles. The van der Waals surface area contributed by atoms with Crippen molar-refractivity contribution in [2.45, 2.75) is 0 Å². The van der Waals surface area contributed by atoms with Crippen LogP contribution in [0.3, 0.4) is 0 Å². The summed E-state index contributed by atoms with van der Waals surface area (Å²) < 4.78 is 4.81. The van der Waals surface area contributed by atoms with Crippen LogP contribution in [0.2, 0.25) is 10.0 Å². The predicted octanol–water partition coefficient (Wildman–Crippen LogP) is 1.74. The second-order valence-corrected chi connectivity index (χ2v) is 4.42. The molecular weight excluding hydrogens is 279 g/mol. The van der Waals surface area contributed by atoms with Crippen LogP contribution in [0, 0.1) is 0 Å². The Morgan fingerprint density at radius 1 is 1.28 bits per heavy atom. The number of benzene rings is 1. The zero-order chi connectivity index (χ0) is 13.7. The van der Waals surface area contributed by atoms with E-state index in [-0.39, 0.29) is 15.6 Å². The zero-order valence-electron chi connectivity index (χ0n) is 9.87. The first kappa shape index (κ1) is 14.8. The van der Waals surface area contributed by atoms with Crippen molar-refractivity contribution in [1.82, 2.24) is 10.4 Å². The standard InChI is InChI=1S/C11H12Cl2N2O3/c1-15(2)14-9(16)6-18-11(17)10-7(12)4-3-5-8(10)13/h3-5H,6H2,1-2H3,(H,14,16). The highest BCUT2D eigenvalue weighted by molar-refractivity contribution is 6.39. The molecule has 0 aromatic heterocycles. The Hall–Kier alpha value is -1.30. The number of rotatable bonds is 4. The summed E-state index contributed by atoms with van der Waals surface area (Å²) in [6, 6.07) is 4.65. The minimum atomic E-state index is -0.737. The number of nitrogens with one attached hydrogen (secondary N) is 1. The molecule has 0 spiro atoms. The maximum atomic E-state index is 11.7. The first-order valence-electron chi connectivity index (χ1n) is 4.99. The van der Waals surface area contributed by atoms with Crippen LogP contribution in [0.15, 0.2) is 18.2 Å². The van der Waals surface area contributed by atoms with E-state index < -0.39 is 18.5 Å². The Morgan fingerprint density at radius 3 is 2.33 bits per heavy atom. The van der Waals surface area contributed by atoms with Crippen LogP contribution >= 0.6 is 23.2 Å². The van der Waals surface area contributed by atoms with Crippen LogP contribution in [0.25, 0.3) is 0 Å². The Bertz CT molecular complexity index is 443. The van der Waals surface area contributed by atoms with Crippen LogP contribution in [0.5, 0.6) is 0 Å². The maximum Gasteiger partial charge on any atom is 0.341 e. The third-order valence-electron chi connectivity index (χ3n) is 1.85. The number of esters is 1. The van der Waals surface area contributed by atoms with E-state index in [4.69, 9.17) is 27.9 Å². The van der Waals surface area contributed by atoms with Crippen molar-refractivity contribution in [2.75, 3.05) is 20.7 Å². The molecule has 1 N–H and O–H groups in total. The minimum Gasteiger partial charge on any atom is -0.452 e. The van der Waals surface area contributed by atoms with E-state index >= 15 is 0 Å². The van der Waals surface area contributed by atoms with E-state index in [1.807, 2.05) is 0 Å². The van der Waals surface area contributed by atoms with Gasteiger partial charge in [0.25, 0.3) is 5.91 Å². The summed E-state index contributed by atoms with van der Waals surface area (Å²) in [5.41, 5.74) is 2.48. The average molecular weight is 291 g/mol. The number of ether oxygens (including phenoxy) is 1. The molecule has 0 saturated carbocycles. The molecule has 1 aromatic rings. The van der Waals surface area contributed by atoms with Gasteiger partial charge in [-0.15, -0.1) is 0 Å². The van der Waals surface area contributed by atoms with E-state index in [1.165, 1.54) is 17.1 Å². The second-order valence-electron chi connectivity index (χ2n) is 3.60. The summed E-state index contributed by atoms with van der Waals surface area (Å²) >= 11 is 11.7. The quantitative estimate of drug-likeness (QED) is 0.678. The van der Waals surface area contributed by atoms with Crippen LogP contribution in [0.1, 0.15) is 10.4 Å². The van der Waals surface area contributed by atoms with Crippen LogP contribution in [-0.2, 0) is 9.53 Å². The number of carbonyl (C=O) groups excluding carboxylic acids is 2. The molecule has 5 nitrogen and oxygen atoms in total. The summed E-state index contributed by atoms with van der Waals surface area (Å²) in [6.07, 6.45) is 0. The van der Waals surface area contributed by atoms with Crippen molar-refractivity contribution in [1.29, 1.82) is 0 Å². The summed E-state index contributed by atoms with van der Waals surface area (Å²) in [5.74, 6) is -1.18. The smallest absolute Gasteiger partial charge is 0.341 e. The van der Waals surface area contributed by atoms with Gasteiger partial charge in [0.05, 0.1) is 15.6 Å². The molecule has 1 amide bonds. The molecule has 0 aliphatic heterocycles. The van der Waals surface area contributed by atoms with Crippen molar-refractivity contribution in [3.05, 3.63) is 33.8 Å². The first-order valence-corrected chi connectivity index (χ1v) is 5.75. The molecule has 0 aliphatic rings. The molecule has 0 radical (unpaired) electrons. The number of hydrazine groups is 1. The van der Waals surface area contributed by atoms with Gasteiger partial charge >= 0.3 is 5.97 Å². The fourth-order valence-electron chi connectivity index (χ4n) is 1.18. The van der Waals surface area contributed by atoms with Crippen LogP contribution in [0.4, 0.5) is 0 Å². The number of amides is 1. The van der Waals surface area contributed by atoms with E-state index in [1.54, 1.807) is 20.2 Å². The first-order chi connectivity index (χ1) is 8.41. The Morgan fingerprint density at radius 2 is 1.83 bits per heavy atom. The van der Waals surface area contributed by atoms with E-state index in [0.717, 1.165) is 0 Å². The van der Waals surface area contributed by atoms with Crippen molar-refractivity contribution >= 4 is 35.1 Å². The third kappa shape index (κ3) is 4.18. The Labute approximate surface area is 115 Å². The van der Waals surface area contributed by atoms with Crippen molar-refractivity contribution < 1.29 is 14.3 Å². The van der Waals surface area contributed by atoms with Gasteiger partial charge in [0.2, 0.25) is 0 Å². The number of carbonyl (C=O) groups is 2. The highest BCUT2D eigenvalue weighted by Crippen LogP contribution is 2.24. The molecular formula is C11H12Cl2N2O3. The van der Waals surface area contributed by atoms with Crippen LogP contribution < -0.4 is 5.43 Å². The van der Waals surface area contributed by atoms with E-state index in [2.05, 4.69) is 5.43 Å². The summed E-state index contributed by atoms with van der Waals surface area (Å²) in [4.78, 5) is 23.0. The van der Waals surface area contributed by atoms with Gasteiger partial charge in [0, 0.05) is 14.1 Å². The molecule has 0 aliphatic carbocycles. The number of hydrogen-bond acceptors (Lipinski definition) is 4. The minimum absolute atomic E-state index is 0.0542. The largest absolute Gasteiger partial charge is 0.452 e. The normalized spacial score (nSPS) is 10.3. The highest BCUT2D eigenvalue weighted by atomic mass is 35.5. The van der Waals surface area contributed by atoms with Gasteiger partial charge in [-0.05, 0) is 12.1 Å². The van der Waals surface area contributed by atoms with Crippen LogP contribution in [-0.4, -0.2) is 37.6 Å². The fourth-order valence-corrected chi connectivity index (χ4v) is 1.73. The van der Waals surface area contributed by atoms with E-state index in [9.17, 15) is 9.59 Å². The maximum absolute atomic E-state index is 11.7. The topological polar surface area (TPSA) is 58.6 Å². The molecule has 1 aromatic carbocycles. The fraction of sp³-hybridized carbons (Fsp3) is 0.273. The van der Waals surface area contributed by atoms with Crippen molar-refractivity contribution in [3.8, 4) is 0 Å². The third-order valence-corrected chi connectivity index (χ3v) is 2.48. The summed E-state index contributed by atoms with van der Waals surface area (Å²) in [7, 11) is 3.29. The molecule has 0 atom stereocenters. The molecule has 0 fully saturated rings. The van der Waals surface area contributed by atoms with Crippen molar-refractivity contribution in [2.24, 2.45) is 0 Å². The van der Waals surface area contributed by atoms with Gasteiger partial charge in [-0.25, -0.2) is 9.80 Å². The lowest BCUT2D eigenvalue weighted by atomic mass is 10.2. The SMILES string of the molecule is CN(C)NC(=O)COC(=O)c1c(Cl)cccc1Cl. The monoisotopic (exact) mass is 290 g/mol.